The fraction of sp³-hybridized carbons (Fsp3) is 0.500. The minimum atomic E-state index is 0.163. The quantitative estimate of drug-likeness (QED) is 0.613. The molecular formula is C18H20N6OS2. The van der Waals surface area contributed by atoms with Crippen LogP contribution in [-0.4, -0.2) is 54.8 Å². The van der Waals surface area contributed by atoms with Gasteiger partial charge in [-0.1, -0.05) is 23.9 Å². The maximum Gasteiger partial charge on any atom is 0.233 e. The number of piperidine rings is 1. The van der Waals surface area contributed by atoms with Crippen molar-refractivity contribution >= 4 is 39.2 Å². The number of fused-ring (bicyclic) bond motifs is 1. The summed E-state index contributed by atoms with van der Waals surface area (Å²) in [7, 11) is 0. The zero-order chi connectivity index (χ0) is 18.2. The van der Waals surface area contributed by atoms with E-state index >= 15 is 0 Å². The van der Waals surface area contributed by atoms with E-state index in [1.165, 1.54) is 16.5 Å². The van der Waals surface area contributed by atoms with Gasteiger partial charge in [0.2, 0.25) is 11.1 Å². The normalized spacial score (nSPS) is 20.3. The lowest BCUT2D eigenvalue weighted by Crippen LogP contribution is -2.40. The van der Waals surface area contributed by atoms with Crippen molar-refractivity contribution in [3.05, 3.63) is 29.3 Å². The van der Waals surface area contributed by atoms with Gasteiger partial charge in [0, 0.05) is 19.0 Å². The molecule has 0 unspecified atom stereocenters. The number of carbonyl (C=O) groups excluding carboxylic acids is 1. The van der Waals surface area contributed by atoms with Gasteiger partial charge in [0.1, 0.15) is 0 Å². The summed E-state index contributed by atoms with van der Waals surface area (Å²) < 4.78 is 3.08. The van der Waals surface area contributed by atoms with Crippen LogP contribution in [0.5, 0.6) is 0 Å². The van der Waals surface area contributed by atoms with Crippen LogP contribution in [0, 0.1) is 0 Å². The van der Waals surface area contributed by atoms with Gasteiger partial charge in [-0.2, -0.15) is 0 Å². The second-order valence-electron chi connectivity index (χ2n) is 7.12. The lowest BCUT2D eigenvalue weighted by atomic mass is 9.99. The molecule has 2 aliphatic rings. The van der Waals surface area contributed by atoms with Crippen molar-refractivity contribution in [3.63, 3.8) is 0 Å². The number of tetrazole rings is 1. The smallest absolute Gasteiger partial charge is 0.233 e. The van der Waals surface area contributed by atoms with Crippen molar-refractivity contribution < 1.29 is 4.79 Å². The molecule has 1 aliphatic carbocycles. The number of hydrogen-bond donors (Lipinski definition) is 0. The van der Waals surface area contributed by atoms with Crippen molar-refractivity contribution in [2.24, 2.45) is 0 Å². The van der Waals surface area contributed by atoms with Crippen LogP contribution < -0.4 is 0 Å². The Bertz CT molecular complexity index is 933. The van der Waals surface area contributed by atoms with Gasteiger partial charge in [-0.3, -0.25) is 4.79 Å². The van der Waals surface area contributed by atoms with Gasteiger partial charge in [-0.15, -0.1) is 16.4 Å². The highest BCUT2D eigenvalue weighted by molar-refractivity contribution is 7.99. The van der Waals surface area contributed by atoms with Crippen molar-refractivity contribution in [2.75, 3.05) is 18.8 Å². The first-order valence-corrected chi connectivity index (χ1v) is 11.1. The number of nitrogens with zero attached hydrogens (tertiary/aromatic N) is 6. The monoisotopic (exact) mass is 400 g/mol. The summed E-state index contributed by atoms with van der Waals surface area (Å²) in [4.78, 5) is 19.5. The number of hydrogen-bond acceptors (Lipinski definition) is 7. The van der Waals surface area contributed by atoms with E-state index < -0.39 is 0 Å². The second-order valence-corrected chi connectivity index (χ2v) is 9.13. The molecule has 3 aromatic rings. The Morgan fingerprint density at radius 3 is 3.00 bits per heavy atom. The molecule has 9 heteroatoms. The van der Waals surface area contributed by atoms with E-state index in [-0.39, 0.29) is 5.91 Å². The molecule has 2 aromatic heterocycles. The van der Waals surface area contributed by atoms with Crippen LogP contribution in [0.4, 0.5) is 0 Å². The van der Waals surface area contributed by atoms with E-state index in [2.05, 4.69) is 27.7 Å². The molecule has 1 aliphatic heterocycles. The second kappa shape index (κ2) is 7.20. The number of thioether (sulfide) groups is 1. The van der Waals surface area contributed by atoms with Crippen LogP contribution in [0.2, 0.25) is 0 Å². The molecule has 2 fully saturated rings. The number of carbonyl (C=O) groups is 1. The Labute approximate surface area is 165 Å². The summed E-state index contributed by atoms with van der Waals surface area (Å²) in [5.41, 5.74) is 1.06. The largest absolute Gasteiger partial charge is 0.341 e. The van der Waals surface area contributed by atoms with Crippen molar-refractivity contribution in [1.82, 2.24) is 30.1 Å². The van der Waals surface area contributed by atoms with E-state index in [4.69, 9.17) is 4.98 Å². The van der Waals surface area contributed by atoms with Gasteiger partial charge >= 0.3 is 0 Å². The lowest BCUT2D eigenvalue weighted by molar-refractivity contribution is -0.129. The maximum atomic E-state index is 12.7. The summed E-state index contributed by atoms with van der Waals surface area (Å²) in [5.74, 6) is 0.887. The van der Waals surface area contributed by atoms with Gasteiger partial charge in [-0.05, 0) is 48.2 Å². The molecule has 1 aromatic carbocycles. The Hall–Kier alpha value is -2.00. The van der Waals surface area contributed by atoms with Crippen molar-refractivity contribution in [3.8, 4) is 0 Å². The van der Waals surface area contributed by atoms with Crippen LogP contribution in [0.25, 0.3) is 10.2 Å². The zero-order valence-corrected chi connectivity index (χ0v) is 16.5. The minimum absolute atomic E-state index is 0.163. The molecule has 0 bridgehead atoms. The van der Waals surface area contributed by atoms with Gasteiger partial charge in [0.05, 0.1) is 27.0 Å². The van der Waals surface area contributed by atoms with E-state index in [1.807, 2.05) is 21.7 Å². The molecule has 1 saturated heterocycles. The SMILES string of the molecule is O=C(CSc1nnnn1C1CC1)N1CCC[C@H](c2nc3ccccc3s2)C1. The molecule has 27 heavy (non-hydrogen) atoms. The van der Waals surface area contributed by atoms with Crippen LogP contribution >= 0.6 is 23.1 Å². The van der Waals surface area contributed by atoms with Gasteiger partial charge < -0.3 is 4.90 Å². The first-order valence-electron chi connectivity index (χ1n) is 9.32. The van der Waals surface area contributed by atoms with Crippen LogP contribution in [0.3, 0.4) is 0 Å². The minimum Gasteiger partial charge on any atom is -0.341 e. The highest BCUT2D eigenvalue weighted by atomic mass is 32.2. The number of aromatic nitrogens is 5. The summed E-state index contributed by atoms with van der Waals surface area (Å²) in [6, 6.07) is 8.67. The highest BCUT2D eigenvalue weighted by Crippen LogP contribution is 2.37. The third kappa shape index (κ3) is 3.58. The van der Waals surface area contributed by atoms with Crippen LogP contribution in [0.1, 0.15) is 42.7 Å². The molecule has 0 N–H and O–H groups in total. The van der Waals surface area contributed by atoms with E-state index in [0.29, 0.717) is 17.7 Å². The summed E-state index contributed by atoms with van der Waals surface area (Å²) >= 11 is 3.20. The zero-order valence-electron chi connectivity index (χ0n) is 14.8. The fourth-order valence-electron chi connectivity index (χ4n) is 3.52. The number of amides is 1. The van der Waals surface area contributed by atoms with Gasteiger partial charge in [0.15, 0.2) is 0 Å². The van der Waals surface area contributed by atoms with E-state index in [9.17, 15) is 4.79 Å². The molecule has 0 spiro atoms. The first-order chi connectivity index (χ1) is 13.3. The highest BCUT2D eigenvalue weighted by Gasteiger charge is 2.30. The van der Waals surface area contributed by atoms with Gasteiger partial charge in [0.25, 0.3) is 0 Å². The third-order valence-electron chi connectivity index (χ3n) is 5.11. The molecule has 0 radical (unpaired) electrons. The number of likely N-dealkylation sites (tertiary alicyclic amines) is 1. The Balaban J connectivity index is 1.23. The molecule has 5 rings (SSSR count). The Morgan fingerprint density at radius 1 is 1.26 bits per heavy atom. The first kappa shape index (κ1) is 17.1. The molecule has 7 nitrogen and oxygen atoms in total. The van der Waals surface area contributed by atoms with Crippen LogP contribution in [-0.2, 0) is 4.79 Å². The Morgan fingerprint density at radius 2 is 2.15 bits per heavy atom. The molecule has 140 valence electrons. The molecular weight excluding hydrogens is 380 g/mol. The maximum absolute atomic E-state index is 12.7. The third-order valence-corrected chi connectivity index (χ3v) is 7.23. The molecule has 1 atom stereocenters. The summed E-state index contributed by atoms with van der Waals surface area (Å²) in [6.45, 7) is 1.58. The van der Waals surface area contributed by atoms with Crippen molar-refractivity contribution in [2.45, 2.75) is 42.8 Å². The van der Waals surface area contributed by atoms with Crippen molar-refractivity contribution in [1.29, 1.82) is 0 Å². The number of rotatable bonds is 5. The number of para-hydroxylation sites is 1. The lowest BCUT2D eigenvalue weighted by Gasteiger charge is -2.31. The predicted octanol–water partition coefficient (Wildman–Crippen LogP) is 3.12. The standard InChI is InChI=1S/C18H20N6OS2/c25-16(11-26-18-20-21-22-24(18)13-7-8-13)23-9-3-4-12(10-23)17-19-14-5-1-2-6-15(14)27-17/h1-2,5-6,12-13H,3-4,7-11H2/t12-/m0/s1. The molecule has 3 heterocycles. The summed E-state index contributed by atoms with van der Waals surface area (Å²) in [5, 5.41) is 13.8. The Kier molecular flexibility index (Phi) is 4.56. The predicted molar refractivity (Wildman–Crippen MR) is 105 cm³/mol. The van der Waals surface area contributed by atoms with E-state index in [0.717, 1.165) is 54.5 Å². The average molecular weight is 401 g/mol. The molecule has 1 amide bonds. The molecule has 1 saturated carbocycles. The average Bonchev–Trinajstić information content (AvgIpc) is 3.28. The van der Waals surface area contributed by atoms with E-state index in [1.54, 1.807) is 11.3 Å². The van der Waals surface area contributed by atoms with Gasteiger partial charge in [-0.25, -0.2) is 9.67 Å². The fourth-order valence-corrected chi connectivity index (χ4v) is 5.46. The number of thiazole rings is 1. The topological polar surface area (TPSA) is 76.8 Å². The summed E-state index contributed by atoms with van der Waals surface area (Å²) in [6.07, 6.45) is 4.37. The van der Waals surface area contributed by atoms with Crippen LogP contribution in [0.15, 0.2) is 29.4 Å². The number of benzene rings is 1.